The van der Waals surface area contributed by atoms with E-state index in [0.717, 1.165) is 0 Å². The number of rotatable bonds is 12. The second kappa shape index (κ2) is 11.5. The van der Waals surface area contributed by atoms with E-state index in [9.17, 15) is 20.4 Å². The number of aliphatic hydroxyl groups is 6. The average molecular weight is 374 g/mol. The van der Waals surface area contributed by atoms with Gasteiger partial charge in [-0.1, -0.05) is 0 Å². The molecule has 0 fully saturated rings. The van der Waals surface area contributed by atoms with Crippen LogP contribution in [0.1, 0.15) is 11.4 Å². The summed E-state index contributed by atoms with van der Waals surface area (Å²) in [6.45, 7) is 0.107. The molecule has 0 bridgehead atoms. The van der Waals surface area contributed by atoms with E-state index in [0.29, 0.717) is 24.5 Å². The normalized spacial score (nSPS) is 16.7. The van der Waals surface area contributed by atoms with Gasteiger partial charge >= 0.3 is 0 Å². The highest BCUT2D eigenvalue weighted by Gasteiger charge is 2.19. The predicted molar refractivity (Wildman–Crippen MR) is 92.9 cm³/mol. The molecule has 0 aliphatic carbocycles. The Morgan fingerprint density at radius 1 is 0.769 bits per heavy atom. The maximum Gasteiger partial charge on any atom is 0.104 e. The Morgan fingerprint density at radius 3 is 1.50 bits per heavy atom. The lowest BCUT2D eigenvalue weighted by Crippen LogP contribution is -2.39. The summed E-state index contributed by atoms with van der Waals surface area (Å²) in [5.41, 5.74) is 1.33. The molecule has 0 aliphatic rings. The molecule has 4 unspecified atom stereocenters. The Hall–Kier alpha value is -1.24. The predicted octanol–water partition coefficient (Wildman–Crippen LogP) is -3.23. The lowest BCUT2D eigenvalue weighted by Gasteiger charge is -2.24. The first-order valence-electron chi connectivity index (χ1n) is 8.37. The summed E-state index contributed by atoms with van der Waals surface area (Å²) in [4.78, 5) is 12.1. The van der Waals surface area contributed by atoms with E-state index >= 15 is 0 Å². The van der Waals surface area contributed by atoms with Crippen molar-refractivity contribution in [2.75, 3.05) is 40.4 Å². The van der Waals surface area contributed by atoms with Gasteiger partial charge in [0.05, 0.1) is 36.8 Å². The Bertz CT molecular complexity index is 482. The fraction of sp³-hybridized carbons (Fsp3) is 0.750. The second-order valence-corrected chi connectivity index (χ2v) is 6.53. The fourth-order valence-electron chi connectivity index (χ4n) is 2.41. The highest BCUT2D eigenvalue weighted by molar-refractivity contribution is 5.03. The van der Waals surface area contributed by atoms with Crippen molar-refractivity contribution in [3.8, 4) is 0 Å². The second-order valence-electron chi connectivity index (χ2n) is 6.53. The van der Waals surface area contributed by atoms with Crippen molar-refractivity contribution in [1.82, 2.24) is 19.8 Å². The molecule has 0 spiro atoms. The molecule has 0 saturated carbocycles. The number of aliphatic hydroxyl groups excluding tert-OH is 6. The van der Waals surface area contributed by atoms with Gasteiger partial charge in [0.25, 0.3) is 0 Å². The van der Waals surface area contributed by atoms with Crippen molar-refractivity contribution in [3.63, 3.8) is 0 Å². The van der Waals surface area contributed by atoms with Crippen LogP contribution in [0.15, 0.2) is 12.4 Å². The maximum absolute atomic E-state index is 9.73. The van der Waals surface area contributed by atoms with E-state index in [1.807, 2.05) is 0 Å². The first-order valence-corrected chi connectivity index (χ1v) is 8.37. The van der Waals surface area contributed by atoms with Crippen molar-refractivity contribution >= 4 is 0 Å². The first-order chi connectivity index (χ1) is 12.3. The van der Waals surface area contributed by atoms with Gasteiger partial charge in [0.2, 0.25) is 0 Å². The minimum Gasteiger partial charge on any atom is -0.394 e. The van der Waals surface area contributed by atoms with E-state index < -0.39 is 37.6 Å². The largest absolute Gasteiger partial charge is 0.394 e. The third kappa shape index (κ3) is 7.98. The Kier molecular flexibility index (Phi) is 10.1. The lowest BCUT2D eigenvalue weighted by atomic mass is 10.2. The summed E-state index contributed by atoms with van der Waals surface area (Å²) in [5.74, 6) is 0. The van der Waals surface area contributed by atoms with Crippen LogP contribution in [0, 0.1) is 0 Å². The molecule has 4 atom stereocenters. The minimum absolute atomic E-state index is 0.165. The fourth-order valence-corrected chi connectivity index (χ4v) is 2.41. The van der Waals surface area contributed by atoms with Crippen LogP contribution in [0.3, 0.4) is 0 Å². The number of aromatic nitrogens is 2. The van der Waals surface area contributed by atoms with Crippen molar-refractivity contribution in [2.45, 2.75) is 37.5 Å². The van der Waals surface area contributed by atoms with Crippen molar-refractivity contribution in [2.24, 2.45) is 0 Å². The zero-order chi connectivity index (χ0) is 19.7. The van der Waals surface area contributed by atoms with E-state index in [2.05, 4.69) is 9.97 Å². The van der Waals surface area contributed by atoms with Crippen LogP contribution >= 0.6 is 0 Å². The molecule has 0 aliphatic heterocycles. The molecule has 10 heteroatoms. The number of nitrogens with zero attached hydrogens (tertiary/aromatic N) is 4. The SMILES string of the molecule is CN(Cc1cncc(CN(C)CC(O)C(O)CO)n1)CC(O)C(O)CO. The van der Waals surface area contributed by atoms with Gasteiger partial charge in [-0.05, 0) is 14.1 Å². The maximum atomic E-state index is 9.73. The van der Waals surface area contributed by atoms with Gasteiger partial charge in [-0.25, -0.2) is 0 Å². The summed E-state index contributed by atoms with van der Waals surface area (Å²) in [5, 5.41) is 55.9. The molecule has 1 heterocycles. The third-order valence-corrected chi connectivity index (χ3v) is 3.86. The summed E-state index contributed by atoms with van der Waals surface area (Å²) >= 11 is 0. The molecule has 1 aromatic heterocycles. The van der Waals surface area contributed by atoms with Crippen molar-refractivity contribution in [3.05, 3.63) is 23.8 Å². The molecule has 150 valence electrons. The molecule has 0 aromatic carbocycles. The zero-order valence-electron chi connectivity index (χ0n) is 15.2. The van der Waals surface area contributed by atoms with Crippen LogP contribution in [0.5, 0.6) is 0 Å². The average Bonchev–Trinajstić information content (AvgIpc) is 2.59. The highest BCUT2D eigenvalue weighted by Crippen LogP contribution is 2.06. The molecular formula is C16H30N4O6. The van der Waals surface area contributed by atoms with E-state index in [1.165, 1.54) is 0 Å². The number of likely N-dealkylation sites (N-methyl/N-ethyl adjacent to an activating group) is 2. The van der Waals surface area contributed by atoms with Gasteiger partial charge in [0, 0.05) is 38.6 Å². The van der Waals surface area contributed by atoms with E-state index in [-0.39, 0.29) is 13.1 Å². The van der Waals surface area contributed by atoms with E-state index in [1.54, 1.807) is 36.3 Å². The summed E-state index contributed by atoms with van der Waals surface area (Å²) < 4.78 is 0. The molecule has 10 nitrogen and oxygen atoms in total. The van der Waals surface area contributed by atoms with Crippen LogP contribution in [-0.2, 0) is 13.1 Å². The van der Waals surface area contributed by atoms with Crippen LogP contribution in [0.4, 0.5) is 0 Å². The number of hydrogen-bond donors (Lipinski definition) is 6. The molecule has 26 heavy (non-hydrogen) atoms. The smallest absolute Gasteiger partial charge is 0.104 e. The minimum atomic E-state index is -1.19. The standard InChI is InChI=1S/C16H30N4O6/c1-19(7-13(23)15(25)9-21)5-11-3-17-4-12(18-11)6-20(2)8-14(24)16(26)10-22/h3-4,13-16,21-26H,5-10H2,1-2H3. The Morgan fingerprint density at radius 2 is 1.15 bits per heavy atom. The Balaban J connectivity index is 2.56. The van der Waals surface area contributed by atoms with Crippen molar-refractivity contribution in [1.29, 1.82) is 0 Å². The molecule has 0 saturated heterocycles. The van der Waals surface area contributed by atoms with Crippen LogP contribution < -0.4 is 0 Å². The van der Waals surface area contributed by atoms with E-state index in [4.69, 9.17) is 10.2 Å². The quantitative estimate of drug-likeness (QED) is 0.220. The van der Waals surface area contributed by atoms with Gasteiger partial charge < -0.3 is 30.6 Å². The van der Waals surface area contributed by atoms with Crippen LogP contribution in [-0.4, -0.2) is 115 Å². The summed E-state index contributed by atoms with van der Waals surface area (Å²) in [7, 11) is 3.50. The topological polar surface area (TPSA) is 154 Å². The van der Waals surface area contributed by atoms with Crippen LogP contribution in [0.25, 0.3) is 0 Å². The van der Waals surface area contributed by atoms with Gasteiger partial charge in [-0.15, -0.1) is 0 Å². The molecule has 0 amide bonds. The highest BCUT2D eigenvalue weighted by atomic mass is 16.4. The first kappa shape index (κ1) is 22.8. The molecule has 0 radical (unpaired) electrons. The van der Waals surface area contributed by atoms with Gasteiger partial charge in [0.15, 0.2) is 0 Å². The van der Waals surface area contributed by atoms with Gasteiger partial charge in [-0.3, -0.25) is 19.8 Å². The van der Waals surface area contributed by atoms with Crippen LogP contribution in [0.2, 0.25) is 0 Å². The van der Waals surface area contributed by atoms with Gasteiger partial charge in [-0.2, -0.15) is 0 Å². The molecular weight excluding hydrogens is 344 g/mol. The Labute approximate surface area is 153 Å². The van der Waals surface area contributed by atoms with Crippen molar-refractivity contribution < 1.29 is 30.6 Å². The number of hydrogen-bond acceptors (Lipinski definition) is 10. The molecule has 6 N–H and O–H groups in total. The third-order valence-electron chi connectivity index (χ3n) is 3.86. The van der Waals surface area contributed by atoms with Gasteiger partial charge in [0.1, 0.15) is 12.2 Å². The zero-order valence-corrected chi connectivity index (χ0v) is 15.2. The lowest BCUT2D eigenvalue weighted by molar-refractivity contribution is -0.0276. The molecule has 1 rings (SSSR count). The summed E-state index contributed by atoms with van der Waals surface area (Å²) in [6.07, 6.45) is -1.31. The molecule has 1 aromatic rings. The summed E-state index contributed by atoms with van der Waals surface area (Å²) in [6, 6.07) is 0. The monoisotopic (exact) mass is 374 g/mol.